The van der Waals surface area contributed by atoms with Crippen LogP contribution in [0.3, 0.4) is 0 Å². The van der Waals surface area contributed by atoms with Crippen molar-refractivity contribution in [3.05, 3.63) is 63.3 Å². The quantitative estimate of drug-likeness (QED) is 0.687. The first-order chi connectivity index (χ1) is 9.63. The molecule has 0 fully saturated rings. The Morgan fingerprint density at radius 1 is 1.20 bits per heavy atom. The van der Waals surface area contributed by atoms with Gasteiger partial charge < -0.3 is 5.32 Å². The summed E-state index contributed by atoms with van der Waals surface area (Å²) < 4.78 is 0. The van der Waals surface area contributed by atoms with Gasteiger partial charge in [-0.15, -0.1) is 0 Å². The molecule has 1 aliphatic carbocycles. The van der Waals surface area contributed by atoms with E-state index in [1.54, 1.807) is 13.0 Å². The normalized spacial score (nSPS) is 14.1. The second kappa shape index (κ2) is 4.92. The number of hydrogen-bond acceptors (Lipinski definition) is 4. The van der Waals surface area contributed by atoms with Gasteiger partial charge in [-0.3, -0.25) is 10.1 Å². The lowest BCUT2D eigenvalue weighted by Gasteiger charge is -2.13. The largest absolute Gasteiger partial charge is 0.367 e. The molecule has 0 unspecified atom stereocenters. The maximum absolute atomic E-state index is 10.8. The van der Waals surface area contributed by atoms with Gasteiger partial charge in [-0.05, 0) is 37.0 Å². The third-order valence-electron chi connectivity index (χ3n) is 3.66. The summed E-state index contributed by atoms with van der Waals surface area (Å²) in [6.07, 6.45) is 1.93. The molecule has 0 bridgehead atoms. The lowest BCUT2D eigenvalue weighted by atomic mass is 10.1. The summed E-state index contributed by atoms with van der Waals surface area (Å²) >= 11 is 0. The highest BCUT2D eigenvalue weighted by Crippen LogP contribution is 2.25. The topological polar surface area (TPSA) is 68.1 Å². The van der Waals surface area contributed by atoms with Crippen LogP contribution in [0.2, 0.25) is 0 Å². The molecule has 0 spiro atoms. The fourth-order valence-electron chi connectivity index (χ4n) is 2.70. The van der Waals surface area contributed by atoms with Gasteiger partial charge in [0, 0.05) is 12.1 Å². The fraction of sp³-hybridized carbons (Fsp3) is 0.267. The van der Waals surface area contributed by atoms with Gasteiger partial charge >= 0.3 is 0 Å². The molecule has 20 heavy (non-hydrogen) atoms. The number of anilines is 1. The Morgan fingerprint density at radius 3 is 2.40 bits per heavy atom. The van der Waals surface area contributed by atoms with Crippen LogP contribution in [0.4, 0.5) is 11.5 Å². The molecule has 1 N–H and O–H groups in total. The second-order valence-corrected chi connectivity index (χ2v) is 5.08. The third kappa shape index (κ3) is 2.34. The maximum atomic E-state index is 10.8. The Hall–Kier alpha value is -2.43. The van der Waals surface area contributed by atoms with E-state index in [0.717, 1.165) is 12.8 Å². The van der Waals surface area contributed by atoms with E-state index in [2.05, 4.69) is 34.6 Å². The predicted molar refractivity (Wildman–Crippen MR) is 76.9 cm³/mol. The number of nitrogens with zero attached hydrogens (tertiary/aromatic N) is 2. The van der Waals surface area contributed by atoms with Crippen molar-refractivity contribution < 1.29 is 4.92 Å². The number of rotatable bonds is 3. The van der Waals surface area contributed by atoms with Crippen molar-refractivity contribution in [1.82, 2.24) is 4.98 Å². The number of benzene rings is 1. The second-order valence-electron chi connectivity index (χ2n) is 5.08. The average molecular weight is 269 g/mol. The van der Waals surface area contributed by atoms with E-state index in [-0.39, 0.29) is 5.69 Å². The summed E-state index contributed by atoms with van der Waals surface area (Å²) in [5.74, 6) is 0.700. The number of pyridine rings is 1. The molecule has 1 aromatic heterocycles. The molecule has 0 radical (unpaired) electrons. The van der Waals surface area contributed by atoms with E-state index in [1.807, 2.05) is 0 Å². The van der Waals surface area contributed by atoms with E-state index in [9.17, 15) is 10.1 Å². The van der Waals surface area contributed by atoms with Gasteiger partial charge in [0.05, 0.1) is 4.92 Å². The molecule has 1 aliphatic rings. The lowest BCUT2D eigenvalue weighted by Crippen LogP contribution is -2.20. The summed E-state index contributed by atoms with van der Waals surface area (Å²) in [5.41, 5.74) is 3.23. The van der Waals surface area contributed by atoms with Gasteiger partial charge in [0.25, 0.3) is 5.69 Å². The maximum Gasteiger partial charge on any atom is 0.290 e. The summed E-state index contributed by atoms with van der Waals surface area (Å²) in [6.45, 7) is 1.66. The monoisotopic (exact) mass is 269 g/mol. The molecule has 2 aromatic rings. The molecule has 0 amide bonds. The molecule has 5 heteroatoms. The first kappa shape index (κ1) is 12.6. The van der Waals surface area contributed by atoms with Crippen LogP contribution < -0.4 is 5.32 Å². The van der Waals surface area contributed by atoms with Crippen molar-refractivity contribution >= 4 is 11.5 Å². The fourth-order valence-corrected chi connectivity index (χ4v) is 2.70. The highest BCUT2D eigenvalue weighted by molar-refractivity contribution is 5.47. The van der Waals surface area contributed by atoms with Crippen molar-refractivity contribution in [2.75, 3.05) is 5.32 Å². The Balaban J connectivity index is 1.74. The zero-order chi connectivity index (χ0) is 14.1. The average Bonchev–Trinajstić information content (AvgIpc) is 2.80. The zero-order valence-corrected chi connectivity index (χ0v) is 11.2. The van der Waals surface area contributed by atoms with Gasteiger partial charge in [-0.25, -0.2) is 4.98 Å². The van der Waals surface area contributed by atoms with Crippen LogP contribution in [0.15, 0.2) is 36.4 Å². The number of fused-ring (bicyclic) bond motifs is 1. The van der Waals surface area contributed by atoms with Crippen LogP contribution in [0.1, 0.15) is 16.8 Å². The molecular weight excluding hydrogens is 254 g/mol. The zero-order valence-electron chi connectivity index (χ0n) is 11.2. The highest BCUT2D eigenvalue weighted by atomic mass is 16.6. The number of nitrogens with one attached hydrogen (secondary N) is 1. The molecular formula is C15H15N3O2. The Labute approximate surface area is 116 Å². The molecule has 102 valence electrons. The van der Waals surface area contributed by atoms with Crippen LogP contribution in [0.25, 0.3) is 0 Å². The van der Waals surface area contributed by atoms with Crippen LogP contribution >= 0.6 is 0 Å². The van der Waals surface area contributed by atoms with Crippen LogP contribution in [0, 0.1) is 17.0 Å². The van der Waals surface area contributed by atoms with Gasteiger partial charge in [0.2, 0.25) is 0 Å². The van der Waals surface area contributed by atoms with Crippen molar-refractivity contribution in [3.63, 3.8) is 0 Å². The van der Waals surface area contributed by atoms with Crippen molar-refractivity contribution in [2.45, 2.75) is 25.8 Å². The molecule has 0 atom stereocenters. The van der Waals surface area contributed by atoms with Gasteiger partial charge in [0.1, 0.15) is 11.5 Å². The minimum absolute atomic E-state index is 0.0604. The van der Waals surface area contributed by atoms with Crippen LogP contribution in [0.5, 0.6) is 0 Å². The van der Waals surface area contributed by atoms with Gasteiger partial charge in [-0.2, -0.15) is 0 Å². The van der Waals surface area contributed by atoms with E-state index >= 15 is 0 Å². The standard InChI is InChI=1S/C15H15N3O2/c1-10-14(18(19)20)6-7-15(16-10)17-13-8-11-4-2-3-5-12(11)9-13/h2-7,13H,8-9H2,1H3,(H,16,17). The lowest BCUT2D eigenvalue weighted by molar-refractivity contribution is -0.385. The van der Waals surface area contributed by atoms with Gasteiger partial charge in [-0.1, -0.05) is 24.3 Å². The molecule has 1 heterocycles. The van der Waals surface area contributed by atoms with Crippen LogP contribution in [-0.2, 0) is 12.8 Å². The Bertz CT molecular complexity index is 645. The summed E-state index contributed by atoms with van der Waals surface area (Å²) in [6, 6.07) is 11.9. The molecule has 0 saturated carbocycles. The Morgan fingerprint density at radius 2 is 1.85 bits per heavy atom. The van der Waals surface area contributed by atoms with Crippen LogP contribution in [-0.4, -0.2) is 15.9 Å². The van der Waals surface area contributed by atoms with Gasteiger partial charge in [0.15, 0.2) is 0 Å². The number of nitro groups is 1. The molecule has 1 aromatic carbocycles. The first-order valence-corrected chi connectivity index (χ1v) is 6.59. The summed E-state index contributed by atoms with van der Waals surface area (Å²) in [5, 5.41) is 14.1. The summed E-state index contributed by atoms with van der Waals surface area (Å²) in [7, 11) is 0. The number of aromatic nitrogens is 1. The molecule has 5 nitrogen and oxygen atoms in total. The first-order valence-electron chi connectivity index (χ1n) is 6.59. The molecule has 0 saturated heterocycles. The molecule has 0 aliphatic heterocycles. The van der Waals surface area contributed by atoms with Crippen molar-refractivity contribution in [1.29, 1.82) is 0 Å². The SMILES string of the molecule is Cc1nc(NC2Cc3ccccc3C2)ccc1[N+](=O)[O-]. The van der Waals surface area contributed by atoms with E-state index in [1.165, 1.54) is 17.2 Å². The van der Waals surface area contributed by atoms with Crippen molar-refractivity contribution in [3.8, 4) is 0 Å². The number of aryl methyl sites for hydroxylation is 1. The smallest absolute Gasteiger partial charge is 0.290 e. The van der Waals surface area contributed by atoms with E-state index in [4.69, 9.17) is 0 Å². The predicted octanol–water partition coefficient (Wildman–Crippen LogP) is 2.88. The third-order valence-corrected chi connectivity index (χ3v) is 3.66. The summed E-state index contributed by atoms with van der Waals surface area (Å²) in [4.78, 5) is 14.6. The number of hydrogen-bond donors (Lipinski definition) is 1. The molecule has 3 rings (SSSR count). The Kier molecular flexibility index (Phi) is 3.10. The van der Waals surface area contributed by atoms with E-state index in [0.29, 0.717) is 17.6 Å². The highest BCUT2D eigenvalue weighted by Gasteiger charge is 2.21. The minimum Gasteiger partial charge on any atom is -0.367 e. The van der Waals surface area contributed by atoms with E-state index < -0.39 is 4.92 Å². The van der Waals surface area contributed by atoms with Crippen molar-refractivity contribution in [2.24, 2.45) is 0 Å². The minimum atomic E-state index is -0.405.